The topological polar surface area (TPSA) is 167 Å². The largest absolute Gasteiger partial charge is 0.444 e. The second kappa shape index (κ2) is 16.8. The van der Waals surface area contributed by atoms with Crippen molar-refractivity contribution in [2.75, 3.05) is 42.2 Å². The highest BCUT2D eigenvalue weighted by Crippen LogP contribution is 2.40. The van der Waals surface area contributed by atoms with Gasteiger partial charge in [0.05, 0.1) is 40.6 Å². The lowest BCUT2D eigenvalue weighted by Gasteiger charge is -2.36. The van der Waals surface area contributed by atoms with Crippen LogP contribution >= 0.6 is 11.3 Å². The molecule has 314 valence electrons. The Labute approximate surface area is 341 Å². The van der Waals surface area contributed by atoms with Crippen molar-refractivity contribution in [1.29, 1.82) is 0 Å². The van der Waals surface area contributed by atoms with E-state index < -0.39 is 64.0 Å². The third-order valence-corrected chi connectivity index (χ3v) is 10.6. The second-order valence-corrected chi connectivity index (χ2v) is 17.6. The smallest absolute Gasteiger partial charge is 0.411 e. The highest BCUT2D eigenvalue weighted by molar-refractivity contribution is 7.92. The molecule has 2 amide bonds. The minimum Gasteiger partial charge on any atom is -0.444 e. The van der Waals surface area contributed by atoms with Crippen LogP contribution in [-0.2, 0) is 33.0 Å². The molecule has 0 saturated carbocycles. The van der Waals surface area contributed by atoms with E-state index in [1.54, 1.807) is 57.0 Å². The molecule has 3 aromatic heterocycles. The number of carbonyl (C=O) groups excluding carboxylic acids is 2. The summed E-state index contributed by atoms with van der Waals surface area (Å²) in [4.78, 5) is 40.0. The first-order valence-electron chi connectivity index (χ1n) is 18.1. The second-order valence-electron chi connectivity index (χ2n) is 14.9. The van der Waals surface area contributed by atoms with Gasteiger partial charge < -0.3 is 15.0 Å². The average molecular weight is 859 g/mol. The van der Waals surface area contributed by atoms with E-state index in [4.69, 9.17) is 14.7 Å². The Morgan fingerprint density at radius 2 is 1.80 bits per heavy atom. The number of anilines is 2. The zero-order valence-corrected chi connectivity index (χ0v) is 34.4. The molecule has 1 fully saturated rings. The van der Waals surface area contributed by atoms with Crippen molar-refractivity contribution in [3.8, 4) is 11.1 Å². The van der Waals surface area contributed by atoms with Gasteiger partial charge in [0.2, 0.25) is 15.9 Å². The van der Waals surface area contributed by atoms with E-state index in [9.17, 15) is 35.6 Å². The number of nitrogens with one attached hydrogen (secondary N) is 2. The number of ether oxygens (including phenoxy) is 1. The van der Waals surface area contributed by atoms with E-state index in [0.29, 0.717) is 62.4 Å². The molecule has 0 unspecified atom stereocenters. The van der Waals surface area contributed by atoms with Crippen molar-refractivity contribution in [2.45, 2.75) is 51.7 Å². The Kier molecular flexibility index (Phi) is 12.2. The van der Waals surface area contributed by atoms with Crippen molar-refractivity contribution in [3.05, 3.63) is 77.6 Å². The number of halogens is 4. The molecule has 21 heteroatoms. The number of thiazole rings is 1. The first-order valence-corrected chi connectivity index (χ1v) is 20.8. The van der Waals surface area contributed by atoms with Gasteiger partial charge in [-0.25, -0.2) is 35.8 Å². The van der Waals surface area contributed by atoms with E-state index in [1.807, 2.05) is 4.90 Å². The van der Waals surface area contributed by atoms with Gasteiger partial charge in [-0.2, -0.15) is 15.2 Å². The summed E-state index contributed by atoms with van der Waals surface area (Å²) in [5.74, 6) is -2.53. The van der Waals surface area contributed by atoms with Gasteiger partial charge in [0.1, 0.15) is 23.8 Å². The van der Waals surface area contributed by atoms with Crippen LogP contribution in [0, 0.1) is 11.6 Å². The molecule has 1 aliphatic rings. The first-order chi connectivity index (χ1) is 27.7. The zero-order chi connectivity index (χ0) is 43.0. The quantitative estimate of drug-likeness (QED) is 0.0769. The molecule has 4 heterocycles. The van der Waals surface area contributed by atoms with Gasteiger partial charge in [-0.3, -0.25) is 24.1 Å². The number of para-hydroxylation sites is 1. The third-order valence-electron chi connectivity index (χ3n) is 9.03. The van der Waals surface area contributed by atoms with Crippen LogP contribution in [0.5, 0.6) is 0 Å². The monoisotopic (exact) mass is 858 g/mol. The van der Waals surface area contributed by atoms with Gasteiger partial charge in [-0.05, 0) is 63.4 Å². The standard InChI is InChI=1S/C38H42F4N10O5S2/c1-21(33(41)42)52(43-5)19-30(53)44-28(16-22-14-23(39)17-24(40)15-22)31-27(25-10-8-11-26-32(25)49(6)47-34(26)48-59(7,55)56)18-29-35(45-31)46-36(58-29)50-12-9-13-51(20-50)37(54)57-38(2,3)4/h8,10-11,14-15,17-18,28,33H,1,5,9,12-13,16,19-20H2,2-4,6-7H3,(H,44,53)(H,47,48)/t28-/m0/s1. The van der Waals surface area contributed by atoms with Gasteiger partial charge in [-0.15, -0.1) is 0 Å². The number of pyridine rings is 1. The van der Waals surface area contributed by atoms with Crippen molar-refractivity contribution in [2.24, 2.45) is 12.1 Å². The number of aromatic nitrogens is 4. The predicted molar refractivity (Wildman–Crippen MR) is 218 cm³/mol. The molecule has 2 aromatic carbocycles. The molecule has 1 aliphatic heterocycles. The lowest BCUT2D eigenvalue weighted by molar-refractivity contribution is -0.122. The van der Waals surface area contributed by atoms with E-state index in [0.717, 1.165) is 18.4 Å². The minimum atomic E-state index is -3.75. The van der Waals surface area contributed by atoms with Crippen LogP contribution in [-0.4, -0.2) is 101 Å². The molecule has 5 aromatic rings. The first kappa shape index (κ1) is 42.8. The van der Waals surface area contributed by atoms with Crippen molar-refractivity contribution < 1.29 is 40.3 Å². The summed E-state index contributed by atoms with van der Waals surface area (Å²) < 4.78 is 91.0. The Morgan fingerprint density at radius 3 is 2.44 bits per heavy atom. The zero-order valence-electron chi connectivity index (χ0n) is 32.8. The summed E-state index contributed by atoms with van der Waals surface area (Å²) in [7, 11) is -2.13. The summed E-state index contributed by atoms with van der Waals surface area (Å²) in [5.41, 5.74) is 0.398. The number of amides is 2. The number of aryl methyl sites for hydroxylation is 1. The van der Waals surface area contributed by atoms with Crippen LogP contribution in [0.1, 0.15) is 44.5 Å². The summed E-state index contributed by atoms with van der Waals surface area (Å²) in [6, 6.07) is 8.56. The predicted octanol–water partition coefficient (Wildman–Crippen LogP) is 6.40. The summed E-state index contributed by atoms with van der Waals surface area (Å²) >= 11 is 1.29. The lowest BCUT2D eigenvalue weighted by Crippen LogP contribution is -2.49. The van der Waals surface area contributed by atoms with Gasteiger partial charge in [0, 0.05) is 49.4 Å². The molecule has 1 atom stereocenters. The van der Waals surface area contributed by atoms with Gasteiger partial charge in [0.15, 0.2) is 16.6 Å². The molecular weight excluding hydrogens is 817 g/mol. The molecule has 2 N–H and O–H groups in total. The van der Waals surface area contributed by atoms with E-state index in [2.05, 4.69) is 33.5 Å². The summed E-state index contributed by atoms with van der Waals surface area (Å²) in [6.45, 7) is 12.4. The normalized spacial score (nSPS) is 14.1. The average Bonchev–Trinajstić information content (AvgIpc) is 3.70. The van der Waals surface area contributed by atoms with Crippen LogP contribution in [0.3, 0.4) is 0 Å². The molecule has 0 radical (unpaired) electrons. The number of hydrogen-bond donors (Lipinski definition) is 2. The highest BCUT2D eigenvalue weighted by atomic mass is 32.2. The molecule has 6 rings (SSSR count). The van der Waals surface area contributed by atoms with Crippen molar-refractivity contribution in [1.82, 2.24) is 35.0 Å². The number of fused-ring (bicyclic) bond motifs is 2. The molecular formula is C38H42F4N10O5S2. The van der Waals surface area contributed by atoms with Gasteiger partial charge >= 0.3 is 6.09 Å². The number of hydrogen-bond acceptors (Lipinski definition) is 12. The van der Waals surface area contributed by atoms with Crippen LogP contribution in [0.4, 0.5) is 33.3 Å². The SMILES string of the molecule is C=NN(CC(=O)N[C@@H](Cc1cc(F)cc(F)c1)c1nc2nc(N3CCCN(C(=O)OC(C)(C)C)C3)sc2cc1-c1cccc2c(NS(C)(=O)=O)nn(C)c12)C(=C)C(F)F. The number of hydrazone groups is 1. The number of sulfonamides is 1. The highest BCUT2D eigenvalue weighted by Gasteiger charge is 2.31. The van der Waals surface area contributed by atoms with E-state index in [1.165, 1.54) is 16.0 Å². The molecule has 1 saturated heterocycles. The van der Waals surface area contributed by atoms with Gasteiger partial charge in [0.25, 0.3) is 6.43 Å². The Bertz CT molecular complexity index is 2540. The summed E-state index contributed by atoms with van der Waals surface area (Å²) in [5, 5.41) is 12.3. The number of benzene rings is 2. The Hall–Kier alpha value is -5.83. The van der Waals surface area contributed by atoms with Crippen molar-refractivity contribution >= 4 is 72.3 Å². The third kappa shape index (κ3) is 10.1. The number of allylic oxidation sites excluding steroid dienone is 1. The van der Waals surface area contributed by atoms with Gasteiger partial charge in [-0.1, -0.05) is 30.0 Å². The maximum absolute atomic E-state index is 14.6. The number of carbonyl (C=O) groups is 2. The molecule has 0 aliphatic carbocycles. The van der Waals surface area contributed by atoms with Crippen LogP contribution in [0.2, 0.25) is 0 Å². The van der Waals surface area contributed by atoms with Crippen LogP contribution < -0.4 is 14.9 Å². The molecule has 0 spiro atoms. The Morgan fingerprint density at radius 1 is 1.08 bits per heavy atom. The number of rotatable bonds is 13. The fourth-order valence-electron chi connectivity index (χ4n) is 6.63. The fraction of sp³-hybridized carbons (Fsp3) is 0.368. The molecule has 59 heavy (non-hydrogen) atoms. The maximum Gasteiger partial charge on any atom is 0.411 e. The fourth-order valence-corrected chi connectivity index (χ4v) is 8.10. The molecule has 0 bridgehead atoms. The number of nitrogens with zero attached hydrogens (tertiary/aromatic N) is 8. The van der Waals surface area contributed by atoms with Crippen LogP contribution in [0.15, 0.2) is 59.8 Å². The van der Waals surface area contributed by atoms with E-state index >= 15 is 0 Å². The van der Waals surface area contributed by atoms with E-state index in [-0.39, 0.29) is 35.8 Å². The van der Waals surface area contributed by atoms with Crippen LogP contribution in [0.25, 0.3) is 32.4 Å². The molecule has 15 nitrogen and oxygen atoms in total. The summed E-state index contributed by atoms with van der Waals surface area (Å²) in [6.07, 6.45) is -2.15. The minimum absolute atomic E-state index is 0.0542. The van der Waals surface area contributed by atoms with Crippen molar-refractivity contribution in [3.63, 3.8) is 0 Å². The maximum atomic E-state index is 14.6. The Balaban J connectivity index is 1.52. The number of alkyl halides is 2. The lowest BCUT2D eigenvalue weighted by atomic mass is 9.94.